The molecule has 5 heterocycles. The van der Waals surface area contributed by atoms with Crippen LogP contribution in [0.2, 0.25) is 0 Å². The molecular formula is C26H24F3N7O2S2. The molecule has 40 heavy (non-hydrogen) atoms. The van der Waals surface area contributed by atoms with Gasteiger partial charge in [-0.25, -0.2) is 9.50 Å². The molecule has 2 aliphatic heterocycles. The summed E-state index contributed by atoms with van der Waals surface area (Å²) in [5, 5.41) is 21.1. The number of hydrogen-bond acceptors (Lipinski definition) is 9. The third-order valence-electron chi connectivity index (χ3n) is 7.59. The van der Waals surface area contributed by atoms with E-state index in [1.807, 2.05) is 0 Å². The Balaban J connectivity index is 1.22. The number of amides is 1. The van der Waals surface area contributed by atoms with Gasteiger partial charge in [0.1, 0.15) is 16.4 Å². The van der Waals surface area contributed by atoms with E-state index in [1.54, 1.807) is 25.1 Å². The summed E-state index contributed by atoms with van der Waals surface area (Å²) >= 11 is 0.992. The molecule has 3 fully saturated rings. The number of fused-ring (bicyclic) bond motifs is 2. The first-order valence-electron chi connectivity index (χ1n) is 12.6. The molecule has 2 atom stereocenters. The Kier molecular flexibility index (Phi) is 6.70. The number of alkyl halides is 3. The molecule has 0 bridgehead atoms. The van der Waals surface area contributed by atoms with Crippen molar-refractivity contribution in [1.29, 1.82) is 5.26 Å². The molecule has 2 saturated heterocycles. The molecule has 2 unspecified atom stereocenters. The summed E-state index contributed by atoms with van der Waals surface area (Å²) in [5.41, 5.74) is -4.99. The molecule has 1 aliphatic carbocycles. The number of carbonyl (C=O) groups excluding carboxylic acids is 1. The molecular weight excluding hydrogens is 563 g/mol. The molecule has 0 aromatic carbocycles. The molecule has 9 nitrogen and oxygen atoms in total. The van der Waals surface area contributed by atoms with Crippen molar-refractivity contribution in [2.45, 2.75) is 41.2 Å². The minimum Gasteiger partial charge on any atom is -0.375 e. The van der Waals surface area contributed by atoms with E-state index in [4.69, 9.17) is 4.74 Å². The number of nitrogens with one attached hydrogen (secondary N) is 2. The van der Waals surface area contributed by atoms with Crippen LogP contribution in [0.4, 0.5) is 19.0 Å². The third kappa shape index (κ3) is 5.01. The number of nitrogens with zero attached hydrogens (tertiary/aromatic N) is 5. The summed E-state index contributed by atoms with van der Waals surface area (Å²) < 4.78 is 47.3. The van der Waals surface area contributed by atoms with E-state index in [0.29, 0.717) is 35.3 Å². The lowest BCUT2D eigenvalue weighted by Gasteiger charge is -2.47. The number of ether oxygens (including phenoxy) is 1. The van der Waals surface area contributed by atoms with Gasteiger partial charge in [0.15, 0.2) is 5.54 Å². The molecule has 0 spiro atoms. The van der Waals surface area contributed by atoms with Crippen molar-refractivity contribution >= 4 is 40.3 Å². The molecule has 1 saturated carbocycles. The highest BCUT2D eigenvalue weighted by Gasteiger charge is 2.60. The van der Waals surface area contributed by atoms with Crippen molar-refractivity contribution < 1.29 is 22.7 Å². The Bertz CT molecular complexity index is 1580. The summed E-state index contributed by atoms with van der Waals surface area (Å²) in [6.07, 6.45) is 3.17. The van der Waals surface area contributed by atoms with Crippen molar-refractivity contribution in [2.75, 3.05) is 38.2 Å². The summed E-state index contributed by atoms with van der Waals surface area (Å²) in [4.78, 5) is 18.8. The Hall–Kier alpha value is -3.30. The van der Waals surface area contributed by atoms with Crippen molar-refractivity contribution in [3.05, 3.63) is 40.0 Å². The zero-order valence-electron chi connectivity index (χ0n) is 21.3. The van der Waals surface area contributed by atoms with Gasteiger partial charge in [0.2, 0.25) is 0 Å². The van der Waals surface area contributed by atoms with Crippen molar-refractivity contribution in [1.82, 2.24) is 24.8 Å². The first-order chi connectivity index (χ1) is 19.1. The van der Waals surface area contributed by atoms with Crippen LogP contribution < -0.4 is 10.6 Å². The second kappa shape index (κ2) is 9.96. The number of carbonyl (C=O) groups is 1. The number of halogens is 3. The van der Waals surface area contributed by atoms with E-state index in [0.717, 1.165) is 30.9 Å². The number of likely N-dealkylation sites (tertiary alicyclic amines) is 1. The smallest absolute Gasteiger partial charge is 0.375 e. The quantitative estimate of drug-likeness (QED) is 0.333. The molecule has 1 amide bonds. The minimum atomic E-state index is -4.53. The van der Waals surface area contributed by atoms with E-state index in [9.17, 15) is 23.2 Å². The lowest BCUT2D eigenvalue weighted by atomic mass is 9.92. The average Bonchev–Trinajstić information content (AvgIpc) is 3.23. The number of aryl methyl sites for hydroxylation is 1. The van der Waals surface area contributed by atoms with E-state index in [1.165, 1.54) is 22.0 Å². The van der Waals surface area contributed by atoms with Crippen LogP contribution in [-0.2, 0) is 4.74 Å². The lowest BCUT2D eigenvalue weighted by molar-refractivity contribution is -0.114. The second-order valence-corrected chi connectivity index (χ2v) is 12.5. The monoisotopic (exact) mass is 587 g/mol. The fourth-order valence-electron chi connectivity index (χ4n) is 5.34. The zero-order chi connectivity index (χ0) is 28.1. The Labute approximate surface area is 236 Å². The van der Waals surface area contributed by atoms with Gasteiger partial charge in [-0.15, -0.1) is 11.3 Å². The van der Waals surface area contributed by atoms with Gasteiger partial charge >= 0.3 is 5.51 Å². The molecule has 208 valence electrons. The Morgan fingerprint density at radius 3 is 2.85 bits per heavy atom. The number of aromatic nitrogens is 3. The average molecular weight is 588 g/mol. The number of anilines is 1. The fourth-order valence-corrected chi connectivity index (χ4v) is 6.71. The fraction of sp³-hybridized carbons (Fsp3) is 0.462. The normalized spacial score (nSPS) is 23.3. The number of nitriles is 1. The SMILES string of the molecule is Cc1ncc(C(=O)NCC#Cc2nn3c(NC45CCN(C6(C#N)COC6)CC4C5)cccc3c2SC(F)(F)F)s1. The first-order valence-corrected chi connectivity index (χ1v) is 14.2. The maximum atomic E-state index is 13.5. The molecule has 3 aromatic rings. The number of thioether (sulfide) groups is 1. The molecule has 0 radical (unpaired) electrons. The van der Waals surface area contributed by atoms with E-state index >= 15 is 0 Å². The van der Waals surface area contributed by atoms with Crippen LogP contribution >= 0.6 is 23.1 Å². The maximum Gasteiger partial charge on any atom is 0.446 e. The number of pyridine rings is 1. The van der Waals surface area contributed by atoms with Crippen LogP contribution in [0.1, 0.15) is 33.2 Å². The summed E-state index contributed by atoms with van der Waals surface area (Å²) in [6.45, 7) is 4.06. The minimum absolute atomic E-state index is 0.0138. The number of rotatable bonds is 6. The van der Waals surface area contributed by atoms with Crippen LogP contribution in [-0.4, -0.2) is 74.8 Å². The predicted octanol–water partition coefficient (Wildman–Crippen LogP) is 3.66. The predicted molar refractivity (Wildman–Crippen MR) is 143 cm³/mol. The summed E-state index contributed by atoms with van der Waals surface area (Å²) in [6, 6.07) is 7.49. The Morgan fingerprint density at radius 1 is 1.38 bits per heavy atom. The second-order valence-electron chi connectivity index (χ2n) is 10.2. The van der Waals surface area contributed by atoms with Crippen molar-refractivity contribution in [3.8, 4) is 17.9 Å². The zero-order valence-corrected chi connectivity index (χ0v) is 23.0. The summed E-state index contributed by atoms with van der Waals surface area (Å²) in [5.74, 6) is 6.01. The standard InChI is InChI=1S/C26H24F3N7O2S2/c1-16-32-11-20(39-16)23(37)31-8-3-4-18-22(40-26(27,28)29)19-5-2-6-21(36(19)34-18)33-25-7-9-35(12-17(25)10-25)24(13-30)14-38-15-24/h2,5-6,11,17,33H,7-10,12,14-15H2,1H3,(H,31,37). The van der Waals surface area contributed by atoms with E-state index < -0.39 is 11.0 Å². The molecule has 3 aromatic heterocycles. The summed E-state index contributed by atoms with van der Waals surface area (Å²) in [7, 11) is 0. The highest BCUT2D eigenvalue weighted by atomic mass is 32.2. The molecule has 6 rings (SSSR count). The van der Waals surface area contributed by atoms with Crippen LogP contribution in [0.25, 0.3) is 5.52 Å². The van der Waals surface area contributed by atoms with Gasteiger partial charge < -0.3 is 15.4 Å². The van der Waals surface area contributed by atoms with E-state index in [2.05, 4.69) is 43.5 Å². The molecule has 2 N–H and O–H groups in total. The highest BCUT2D eigenvalue weighted by molar-refractivity contribution is 8.00. The number of thiazole rings is 1. The van der Waals surface area contributed by atoms with Gasteiger partial charge in [-0.3, -0.25) is 9.69 Å². The largest absolute Gasteiger partial charge is 0.446 e. The first kappa shape index (κ1) is 26.9. The van der Waals surface area contributed by atoms with E-state index in [-0.39, 0.29) is 40.3 Å². The molecule has 3 aliphatic rings. The van der Waals surface area contributed by atoms with Gasteiger partial charge in [0.25, 0.3) is 5.91 Å². The highest BCUT2D eigenvalue weighted by Crippen LogP contribution is 2.53. The number of hydrogen-bond donors (Lipinski definition) is 2. The van der Waals surface area contributed by atoms with Crippen LogP contribution in [0.5, 0.6) is 0 Å². The van der Waals surface area contributed by atoms with Crippen LogP contribution in [0.15, 0.2) is 29.3 Å². The topological polar surface area (TPSA) is 108 Å². The van der Waals surface area contributed by atoms with Gasteiger partial charge in [-0.2, -0.15) is 23.5 Å². The van der Waals surface area contributed by atoms with Gasteiger partial charge in [0, 0.05) is 18.6 Å². The lowest BCUT2D eigenvalue weighted by Crippen LogP contribution is -2.63. The van der Waals surface area contributed by atoms with Crippen molar-refractivity contribution in [3.63, 3.8) is 0 Å². The van der Waals surface area contributed by atoms with Crippen molar-refractivity contribution in [2.24, 2.45) is 5.92 Å². The van der Waals surface area contributed by atoms with Gasteiger partial charge in [0.05, 0.1) is 47.4 Å². The van der Waals surface area contributed by atoms with Crippen LogP contribution in [0.3, 0.4) is 0 Å². The van der Waals surface area contributed by atoms with Gasteiger partial charge in [-0.05, 0) is 55.5 Å². The van der Waals surface area contributed by atoms with Gasteiger partial charge in [-0.1, -0.05) is 12.0 Å². The Morgan fingerprint density at radius 2 is 2.20 bits per heavy atom. The maximum absolute atomic E-state index is 13.5. The third-order valence-corrected chi connectivity index (χ3v) is 9.34. The van der Waals surface area contributed by atoms with Crippen LogP contribution in [0, 0.1) is 36.0 Å². The molecule has 14 heteroatoms. The number of piperidine rings is 1.